The first-order chi connectivity index (χ1) is 10.9. The molecule has 2 heterocycles. The molecule has 1 aromatic heterocycles. The van der Waals surface area contributed by atoms with Crippen LogP contribution in [0.4, 0.5) is 0 Å². The van der Waals surface area contributed by atoms with Crippen LogP contribution in [0, 0.1) is 0 Å². The van der Waals surface area contributed by atoms with E-state index in [0.29, 0.717) is 23.1 Å². The van der Waals surface area contributed by atoms with Crippen LogP contribution < -0.4 is 0 Å². The minimum atomic E-state index is -0.880. The van der Waals surface area contributed by atoms with E-state index in [2.05, 4.69) is 11.9 Å². The number of hydrogen-bond acceptors (Lipinski definition) is 2. The maximum Gasteiger partial charge on any atom is 0.306 e. The van der Waals surface area contributed by atoms with Crippen molar-refractivity contribution in [2.75, 3.05) is 6.61 Å². The molecule has 2 unspecified atom stereocenters. The first kappa shape index (κ1) is 16.6. The van der Waals surface area contributed by atoms with Crippen molar-refractivity contribution < 1.29 is 14.6 Å². The van der Waals surface area contributed by atoms with Crippen LogP contribution in [0.2, 0.25) is 10.0 Å². The summed E-state index contributed by atoms with van der Waals surface area (Å²) < 4.78 is 6.07. The number of rotatable bonds is 4. The molecule has 2 N–H and O–H groups in total. The van der Waals surface area contributed by atoms with Crippen molar-refractivity contribution >= 4 is 40.1 Å². The van der Waals surface area contributed by atoms with Gasteiger partial charge in [-0.1, -0.05) is 43.5 Å². The molecule has 0 aliphatic carbocycles. The molecular weight excluding hydrogens is 337 g/mol. The lowest BCUT2D eigenvalue weighted by atomic mass is 9.81. The topological polar surface area (TPSA) is 62.3 Å². The maximum atomic E-state index is 11.4. The Bertz CT molecular complexity index is 771. The number of H-pyrrole nitrogens is 1. The van der Waals surface area contributed by atoms with Crippen molar-refractivity contribution in [3.63, 3.8) is 0 Å². The van der Waals surface area contributed by atoms with Gasteiger partial charge in [-0.15, -0.1) is 0 Å². The van der Waals surface area contributed by atoms with Crippen molar-refractivity contribution in [2.24, 2.45) is 0 Å². The number of nitrogens with one attached hydrogen (secondary N) is 1. The summed E-state index contributed by atoms with van der Waals surface area (Å²) in [6, 6.07) is 3.53. The largest absolute Gasteiger partial charge is 0.481 e. The van der Waals surface area contributed by atoms with Crippen molar-refractivity contribution in [3.05, 3.63) is 33.4 Å². The molecule has 6 heteroatoms. The van der Waals surface area contributed by atoms with Crippen LogP contribution in [0.15, 0.2) is 12.1 Å². The van der Waals surface area contributed by atoms with Gasteiger partial charge in [0.1, 0.15) is 5.60 Å². The molecule has 0 bridgehead atoms. The van der Waals surface area contributed by atoms with Gasteiger partial charge in [0.05, 0.1) is 34.3 Å². The molecule has 0 spiro atoms. The predicted octanol–water partition coefficient (Wildman–Crippen LogP) is 5.08. The molecule has 1 aromatic carbocycles. The number of benzene rings is 1. The Hall–Kier alpha value is -1.23. The number of carboxylic acids is 1. The normalized spacial score (nSPS) is 23.9. The van der Waals surface area contributed by atoms with Gasteiger partial charge in [-0.3, -0.25) is 4.79 Å². The van der Waals surface area contributed by atoms with Gasteiger partial charge < -0.3 is 14.8 Å². The second kappa shape index (κ2) is 6.00. The van der Waals surface area contributed by atoms with E-state index < -0.39 is 11.6 Å². The summed E-state index contributed by atoms with van der Waals surface area (Å²) in [6.07, 6.45) is 1.36. The zero-order valence-electron chi connectivity index (χ0n) is 13.1. The molecule has 0 saturated carbocycles. The van der Waals surface area contributed by atoms with Gasteiger partial charge in [0, 0.05) is 11.3 Å². The molecule has 23 heavy (non-hydrogen) atoms. The summed E-state index contributed by atoms with van der Waals surface area (Å²) >= 11 is 12.7. The van der Waals surface area contributed by atoms with Crippen molar-refractivity contribution in [1.29, 1.82) is 0 Å². The van der Waals surface area contributed by atoms with Crippen LogP contribution in [0.1, 0.15) is 50.3 Å². The Morgan fingerprint density at radius 1 is 1.43 bits per heavy atom. The number of carboxylic acid groups (broad SMARTS) is 1. The monoisotopic (exact) mass is 355 g/mol. The summed E-state index contributed by atoms with van der Waals surface area (Å²) in [5.41, 5.74) is 1.75. The Balaban J connectivity index is 2.32. The number of halogens is 2. The molecule has 1 aliphatic heterocycles. The molecule has 0 fully saturated rings. The summed E-state index contributed by atoms with van der Waals surface area (Å²) in [6.45, 7) is 4.54. The van der Waals surface area contributed by atoms with Gasteiger partial charge in [-0.2, -0.15) is 0 Å². The molecule has 0 amide bonds. The third kappa shape index (κ3) is 2.63. The second-order valence-electron chi connectivity index (χ2n) is 6.22. The van der Waals surface area contributed by atoms with E-state index in [1.807, 2.05) is 6.92 Å². The van der Waals surface area contributed by atoms with Gasteiger partial charge in [0.2, 0.25) is 0 Å². The minimum absolute atomic E-state index is 0.0807. The molecule has 2 aromatic rings. The Morgan fingerprint density at radius 2 is 2.13 bits per heavy atom. The van der Waals surface area contributed by atoms with Crippen LogP contribution in [-0.2, 0) is 15.1 Å². The van der Waals surface area contributed by atoms with E-state index in [1.54, 1.807) is 12.1 Å². The summed E-state index contributed by atoms with van der Waals surface area (Å²) in [7, 11) is 0. The third-order valence-electron chi connectivity index (χ3n) is 4.54. The fourth-order valence-corrected chi connectivity index (χ4v) is 4.08. The smallest absolute Gasteiger partial charge is 0.306 e. The Labute approximate surface area is 144 Å². The number of hydrogen-bond donors (Lipinski definition) is 2. The van der Waals surface area contributed by atoms with Crippen LogP contribution in [0.3, 0.4) is 0 Å². The standard InChI is InChI=1S/C17H19Cl2NO3/c1-3-6-17(7-12(21)22)16-13(9(2)8-23-17)14-10(18)4-5-11(19)15(14)20-16/h4-5,9,20H,3,6-8H2,1-2H3,(H,21,22). The lowest BCUT2D eigenvalue weighted by Gasteiger charge is -2.38. The van der Waals surface area contributed by atoms with Gasteiger partial charge in [0.25, 0.3) is 0 Å². The highest BCUT2D eigenvalue weighted by Crippen LogP contribution is 2.48. The average molecular weight is 356 g/mol. The van der Waals surface area contributed by atoms with Crippen molar-refractivity contribution in [2.45, 2.75) is 44.6 Å². The SMILES string of the molecule is CCCC1(CC(=O)O)OCC(C)c2c1[nH]c1c(Cl)ccc(Cl)c21. The van der Waals surface area contributed by atoms with Gasteiger partial charge in [-0.05, 0) is 24.1 Å². The first-order valence-corrected chi connectivity index (χ1v) is 8.51. The van der Waals surface area contributed by atoms with E-state index in [1.165, 1.54) is 0 Å². The number of ether oxygens (including phenoxy) is 1. The van der Waals surface area contributed by atoms with E-state index >= 15 is 0 Å². The second-order valence-corrected chi connectivity index (χ2v) is 7.03. The molecule has 1 aliphatic rings. The van der Waals surface area contributed by atoms with Crippen LogP contribution in [0.25, 0.3) is 10.9 Å². The number of aliphatic carboxylic acids is 1. The zero-order valence-corrected chi connectivity index (χ0v) is 14.6. The maximum absolute atomic E-state index is 11.4. The van der Waals surface area contributed by atoms with Crippen molar-refractivity contribution in [3.8, 4) is 0 Å². The van der Waals surface area contributed by atoms with Gasteiger partial charge in [-0.25, -0.2) is 0 Å². The number of aromatic amines is 1. The summed E-state index contributed by atoms with van der Waals surface area (Å²) in [5.74, 6) is -0.761. The third-order valence-corrected chi connectivity index (χ3v) is 5.17. The first-order valence-electron chi connectivity index (χ1n) is 7.75. The molecule has 0 saturated heterocycles. The van der Waals surface area contributed by atoms with Crippen molar-refractivity contribution in [1.82, 2.24) is 4.98 Å². The molecular formula is C17H19Cl2NO3. The Morgan fingerprint density at radius 3 is 2.78 bits per heavy atom. The highest BCUT2D eigenvalue weighted by Gasteiger charge is 2.44. The molecule has 3 rings (SSSR count). The van der Waals surface area contributed by atoms with Gasteiger partial charge in [0.15, 0.2) is 0 Å². The van der Waals surface area contributed by atoms with Crippen LogP contribution >= 0.6 is 23.2 Å². The highest BCUT2D eigenvalue weighted by molar-refractivity contribution is 6.40. The number of aromatic nitrogens is 1. The minimum Gasteiger partial charge on any atom is -0.481 e. The zero-order chi connectivity index (χ0) is 16.8. The molecule has 124 valence electrons. The lowest BCUT2D eigenvalue weighted by Crippen LogP contribution is -2.38. The Kier molecular flexibility index (Phi) is 4.34. The number of carbonyl (C=O) groups is 1. The quantitative estimate of drug-likeness (QED) is 0.803. The summed E-state index contributed by atoms with van der Waals surface area (Å²) in [4.78, 5) is 14.8. The lowest BCUT2D eigenvalue weighted by molar-refractivity contribution is -0.150. The molecule has 2 atom stereocenters. The van der Waals surface area contributed by atoms with E-state index in [9.17, 15) is 9.90 Å². The average Bonchev–Trinajstić information content (AvgIpc) is 2.90. The van der Waals surface area contributed by atoms with Gasteiger partial charge >= 0.3 is 5.97 Å². The van der Waals surface area contributed by atoms with Crippen LogP contribution in [-0.4, -0.2) is 22.7 Å². The van der Waals surface area contributed by atoms with E-state index in [-0.39, 0.29) is 12.3 Å². The van der Waals surface area contributed by atoms with E-state index in [0.717, 1.165) is 28.6 Å². The fourth-order valence-electron chi connectivity index (χ4n) is 3.62. The predicted molar refractivity (Wildman–Crippen MR) is 91.5 cm³/mol. The molecule has 0 radical (unpaired) electrons. The van der Waals surface area contributed by atoms with Crippen LogP contribution in [0.5, 0.6) is 0 Å². The molecule has 4 nitrogen and oxygen atoms in total. The summed E-state index contributed by atoms with van der Waals surface area (Å²) in [5, 5.41) is 11.5. The number of fused-ring (bicyclic) bond motifs is 3. The van der Waals surface area contributed by atoms with E-state index in [4.69, 9.17) is 27.9 Å². The highest BCUT2D eigenvalue weighted by atomic mass is 35.5. The fraction of sp³-hybridized carbons (Fsp3) is 0.471.